The largest absolute Gasteiger partial charge is 0.496 e. The van der Waals surface area contributed by atoms with Crippen LogP contribution in [0.2, 0.25) is 0 Å². The quantitative estimate of drug-likeness (QED) is 0.697. The number of hydrogen-bond donors (Lipinski definition) is 3. The molecule has 0 spiro atoms. The molecule has 2 unspecified atom stereocenters. The Morgan fingerprint density at radius 2 is 2.16 bits per heavy atom. The number of aliphatic carboxylic acids is 1. The number of carbonyl (C=O) groups is 1. The van der Waals surface area contributed by atoms with Crippen LogP contribution in [0.4, 0.5) is 0 Å². The van der Waals surface area contributed by atoms with Gasteiger partial charge in [-0.2, -0.15) is 0 Å². The Bertz CT molecular complexity index is 433. The molecule has 0 bridgehead atoms. The number of aliphatic hydroxyl groups excluding tert-OH is 1. The number of nitrogens with one attached hydrogen (secondary N) is 1. The van der Waals surface area contributed by atoms with Crippen LogP contribution in [-0.4, -0.2) is 35.9 Å². The average Bonchev–Trinajstić information content (AvgIpc) is 2.38. The third kappa shape index (κ3) is 4.22. The minimum atomic E-state index is -0.911. The predicted molar refractivity (Wildman–Crippen MR) is 72.4 cm³/mol. The second kappa shape index (κ2) is 7.11. The summed E-state index contributed by atoms with van der Waals surface area (Å²) in [5.74, 6) is -0.311. The number of aryl methyl sites for hydroxylation is 1. The summed E-state index contributed by atoms with van der Waals surface area (Å²) in [6, 6.07) is 4.88. The summed E-state index contributed by atoms with van der Waals surface area (Å²) in [4.78, 5) is 10.9. The molecular formula is C14H21NO4. The molecule has 3 N–H and O–H groups in total. The van der Waals surface area contributed by atoms with Crippen LogP contribution in [0.5, 0.6) is 5.75 Å². The molecule has 0 amide bonds. The van der Waals surface area contributed by atoms with Crippen molar-refractivity contribution in [2.75, 3.05) is 13.7 Å². The van der Waals surface area contributed by atoms with E-state index in [1.54, 1.807) is 20.1 Å². The van der Waals surface area contributed by atoms with Gasteiger partial charge in [0.05, 0.1) is 13.2 Å². The van der Waals surface area contributed by atoms with E-state index in [1.165, 1.54) is 0 Å². The van der Waals surface area contributed by atoms with E-state index >= 15 is 0 Å². The number of hydrogen-bond acceptors (Lipinski definition) is 4. The molecule has 0 aliphatic carbocycles. The number of ether oxygens (including phenoxy) is 1. The molecular weight excluding hydrogens is 246 g/mol. The highest BCUT2D eigenvalue weighted by molar-refractivity contribution is 5.73. The maximum Gasteiger partial charge on any atom is 0.320 e. The fourth-order valence-electron chi connectivity index (χ4n) is 1.88. The zero-order chi connectivity index (χ0) is 14.4. The Balaban J connectivity index is 2.75. The highest BCUT2D eigenvalue weighted by atomic mass is 16.5. The van der Waals surface area contributed by atoms with Crippen molar-refractivity contribution in [1.82, 2.24) is 5.32 Å². The van der Waals surface area contributed by atoms with Crippen molar-refractivity contribution < 1.29 is 19.7 Å². The first-order valence-corrected chi connectivity index (χ1v) is 6.28. The second-order valence-corrected chi connectivity index (χ2v) is 4.47. The van der Waals surface area contributed by atoms with E-state index in [0.29, 0.717) is 17.7 Å². The monoisotopic (exact) mass is 267 g/mol. The van der Waals surface area contributed by atoms with Gasteiger partial charge in [0, 0.05) is 12.1 Å². The lowest BCUT2D eigenvalue weighted by molar-refractivity contribution is -0.139. The highest BCUT2D eigenvalue weighted by Gasteiger charge is 2.18. The number of rotatable bonds is 7. The summed E-state index contributed by atoms with van der Waals surface area (Å²) >= 11 is 0. The van der Waals surface area contributed by atoms with Gasteiger partial charge in [0.25, 0.3) is 0 Å². The van der Waals surface area contributed by atoms with Gasteiger partial charge in [-0.25, -0.2) is 0 Å². The van der Waals surface area contributed by atoms with E-state index in [4.69, 9.17) is 9.84 Å². The van der Waals surface area contributed by atoms with Crippen LogP contribution in [0.25, 0.3) is 0 Å². The molecule has 0 saturated heterocycles. The molecule has 0 fully saturated rings. The molecule has 0 aliphatic rings. The standard InChI is InChI=1S/C14H21NO4/c1-4-11(14(17)18)15-8-12(16)10-7-9(2)5-6-13(10)19-3/h5-7,11-12,15-16H,4,8H2,1-3H3,(H,17,18). The minimum absolute atomic E-state index is 0.171. The molecule has 5 nitrogen and oxygen atoms in total. The summed E-state index contributed by atoms with van der Waals surface area (Å²) in [5, 5.41) is 21.9. The number of aliphatic hydroxyl groups is 1. The Labute approximate surface area is 113 Å². The third-order valence-electron chi connectivity index (χ3n) is 3.01. The first-order valence-electron chi connectivity index (χ1n) is 6.28. The van der Waals surface area contributed by atoms with Crippen LogP contribution in [0.1, 0.15) is 30.6 Å². The molecule has 106 valence electrons. The fourth-order valence-corrected chi connectivity index (χ4v) is 1.88. The molecule has 5 heteroatoms. The lowest BCUT2D eigenvalue weighted by Gasteiger charge is -2.18. The van der Waals surface area contributed by atoms with Crippen LogP contribution >= 0.6 is 0 Å². The summed E-state index contributed by atoms with van der Waals surface area (Å²) in [6.45, 7) is 3.88. The molecule has 1 aromatic carbocycles. The molecule has 19 heavy (non-hydrogen) atoms. The first kappa shape index (κ1) is 15.5. The fraction of sp³-hybridized carbons (Fsp3) is 0.500. The smallest absolute Gasteiger partial charge is 0.320 e. The second-order valence-electron chi connectivity index (χ2n) is 4.47. The van der Waals surface area contributed by atoms with Crippen LogP contribution < -0.4 is 10.1 Å². The molecule has 0 aliphatic heterocycles. The number of carboxylic acids is 1. The van der Waals surface area contributed by atoms with Gasteiger partial charge in [-0.1, -0.05) is 18.6 Å². The van der Waals surface area contributed by atoms with Gasteiger partial charge in [-0.05, 0) is 25.5 Å². The zero-order valence-electron chi connectivity index (χ0n) is 11.5. The van der Waals surface area contributed by atoms with Crippen molar-refractivity contribution in [1.29, 1.82) is 0 Å². The SMILES string of the molecule is CCC(NCC(O)c1cc(C)ccc1OC)C(=O)O. The normalized spacial score (nSPS) is 13.9. The molecule has 0 heterocycles. The topological polar surface area (TPSA) is 78.8 Å². The number of benzene rings is 1. The van der Waals surface area contributed by atoms with Crippen molar-refractivity contribution >= 4 is 5.97 Å². The average molecular weight is 267 g/mol. The van der Waals surface area contributed by atoms with E-state index in [-0.39, 0.29) is 6.54 Å². The number of carboxylic acid groups (broad SMARTS) is 1. The molecule has 2 atom stereocenters. The lowest BCUT2D eigenvalue weighted by Crippen LogP contribution is -2.38. The molecule has 0 radical (unpaired) electrons. The molecule has 0 saturated carbocycles. The molecule has 0 aromatic heterocycles. The van der Waals surface area contributed by atoms with Gasteiger partial charge in [-0.3, -0.25) is 4.79 Å². The maximum absolute atomic E-state index is 10.9. The van der Waals surface area contributed by atoms with Crippen LogP contribution in [0.3, 0.4) is 0 Å². The van der Waals surface area contributed by atoms with E-state index in [2.05, 4.69) is 5.32 Å². The van der Waals surface area contributed by atoms with Crippen molar-refractivity contribution in [3.63, 3.8) is 0 Å². The lowest BCUT2D eigenvalue weighted by atomic mass is 10.0. The van der Waals surface area contributed by atoms with E-state index in [9.17, 15) is 9.90 Å². The summed E-state index contributed by atoms with van der Waals surface area (Å²) in [6.07, 6.45) is -0.337. The van der Waals surface area contributed by atoms with Crippen LogP contribution in [-0.2, 0) is 4.79 Å². The van der Waals surface area contributed by atoms with Crippen molar-refractivity contribution in [3.8, 4) is 5.75 Å². The van der Waals surface area contributed by atoms with Crippen LogP contribution in [0, 0.1) is 6.92 Å². The van der Waals surface area contributed by atoms with Gasteiger partial charge in [0.1, 0.15) is 11.8 Å². The van der Waals surface area contributed by atoms with Crippen molar-refractivity contribution in [3.05, 3.63) is 29.3 Å². The summed E-state index contributed by atoms with van der Waals surface area (Å²) < 4.78 is 5.20. The Morgan fingerprint density at radius 3 is 2.68 bits per heavy atom. The minimum Gasteiger partial charge on any atom is -0.496 e. The van der Waals surface area contributed by atoms with Gasteiger partial charge in [0.15, 0.2) is 0 Å². The van der Waals surface area contributed by atoms with Gasteiger partial charge >= 0.3 is 5.97 Å². The zero-order valence-corrected chi connectivity index (χ0v) is 11.5. The van der Waals surface area contributed by atoms with E-state index < -0.39 is 18.1 Å². The van der Waals surface area contributed by atoms with E-state index in [1.807, 2.05) is 19.1 Å². The van der Waals surface area contributed by atoms with Gasteiger partial charge in [-0.15, -0.1) is 0 Å². The number of methoxy groups -OCH3 is 1. The maximum atomic E-state index is 10.9. The Morgan fingerprint density at radius 1 is 1.47 bits per heavy atom. The van der Waals surface area contributed by atoms with E-state index in [0.717, 1.165) is 5.56 Å². The highest BCUT2D eigenvalue weighted by Crippen LogP contribution is 2.25. The summed E-state index contributed by atoms with van der Waals surface area (Å²) in [7, 11) is 1.54. The van der Waals surface area contributed by atoms with Gasteiger partial charge in [0.2, 0.25) is 0 Å². The molecule has 1 rings (SSSR count). The molecule has 1 aromatic rings. The summed E-state index contributed by atoms with van der Waals surface area (Å²) in [5.41, 5.74) is 1.68. The van der Waals surface area contributed by atoms with Crippen molar-refractivity contribution in [2.24, 2.45) is 0 Å². The van der Waals surface area contributed by atoms with Crippen molar-refractivity contribution in [2.45, 2.75) is 32.4 Å². The Hall–Kier alpha value is -1.59. The van der Waals surface area contributed by atoms with Gasteiger partial charge < -0.3 is 20.3 Å². The Kier molecular flexibility index (Phi) is 5.79. The first-order chi connectivity index (χ1) is 8.99. The predicted octanol–water partition coefficient (Wildman–Crippen LogP) is 1.49. The van der Waals surface area contributed by atoms with Crippen LogP contribution in [0.15, 0.2) is 18.2 Å². The third-order valence-corrected chi connectivity index (χ3v) is 3.01.